The number of ether oxygens (including phenoxy) is 1. The average molecular weight is 343 g/mol. The van der Waals surface area contributed by atoms with E-state index < -0.39 is 5.82 Å². The van der Waals surface area contributed by atoms with Gasteiger partial charge in [0, 0.05) is 13.2 Å². The molecule has 3 rings (SSSR count). The third kappa shape index (κ3) is 3.08. The minimum absolute atomic E-state index is 0.0441. The summed E-state index contributed by atoms with van der Waals surface area (Å²) < 4.78 is 18.9. The Kier molecular flexibility index (Phi) is 4.22. The fraction of sp³-hybridized carbons (Fsp3) is 0.250. The summed E-state index contributed by atoms with van der Waals surface area (Å²) in [5.74, 6) is 0.453. The van der Waals surface area contributed by atoms with Crippen molar-refractivity contribution in [2.75, 3.05) is 30.5 Å². The lowest BCUT2D eigenvalue weighted by molar-refractivity contribution is 0.386. The van der Waals surface area contributed by atoms with Crippen molar-refractivity contribution in [1.82, 2.24) is 19.9 Å². The Hall–Kier alpha value is -3.23. The van der Waals surface area contributed by atoms with E-state index in [0.29, 0.717) is 17.0 Å². The van der Waals surface area contributed by atoms with E-state index in [2.05, 4.69) is 19.9 Å². The van der Waals surface area contributed by atoms with Crippen LogP contribution in [0.3, 0.4) is 0 Å². The number of anilines is 3. The minimum atomic E-state index is -0.423. The molecule has 2 heterocycles. The molecule has 4 N–H and O–H groups in total. The van der Waals surface area contributed by atoms with Crippen molar-refractivity contribution in [1.29, 1.82) is 0 Å². The van der Waals surface area contributed by atoms with Crippen LogP contribution in [0.2, 0.25) is 0 Å². The lowest BCUT2D eigenvalue weighted by Crippen LogP contribution is -2.24. The Labute approximate surface area is 143 Å². The first kappa shape index (κ1) is 16.6. The van der Waals surface area contributed by atoms with Crippen molar-refractivity contribution >= 4 is 28.7 Å². The van der Waals surface area contributed by atoms with Gasteiger partial charge in [0.25, 0.3) is 0 Å². The summed E-state index contributed by atoms with van der Waals surface area (Å²) in [5, 5.41) is 0.523. The van der Waals surface area contributed by atoms with E-state index >= 15 is 0 Å². The number of fused-ring (bicyclic) bond motifs is 1. The predicted octanol–water partition coefficient (Wildman–Crippen LogP) is 1.93. The highest BCUT2D eigenvalue weighted by Gasteiger charge is 2.18. The molecule has 0 aliphatic carbocycles. The second-order valence-electron chi connectivity index (χ2n) is 5.56. The maximum absolute atomic E-state index is 14.0. The summed E-state index contributed by atoms with van der Waals surface area (Å²) in [7, 11) is 3.23. The van der Waals surface area contributed by atoms with Gasteiger partial charge in [-0.15, -0.1) is 0 Å². The van der Waals surface area contributed by atoms with E-state index in [-0.39, 0.29) is 23.6 Å². The normalized spacial score (nSPS) is 12.2. The standard InChI is InChI=1S/C16H18FN7O/c1-8(9-4-5-12(25-3)11(17)6-9)24(2)16-20-7-10-13(18)21-15(19)22-14(10)23-16/h4-8H,1-3H3,(H4,18,19,20,21,22,23). The van der Waals surface area contributed by atoms with Crippen LogP contribution in [0.25, 0.3) is 11.0 Å². The summed E-state index contributed by atoms with van der Waals surface area (Å²) in [6, 6.07) is 4.63. The van der Waals surface area contributed by atoms with Crippen LogP contribution in [0.4, 0.5) is 22.1 Å². The Bertz CT molecular complexity index is 934. The second kappa shape index (κ2) is 6.34. The van der Waals surface area contributed by atoms with Crippen molar-refractivity contribution in [2.24, 2.45) is 0 Å². The van der Waals surface area contributed by atoms with E-state index in [1.165, 1.54) is 13.2 Å². The number of hydrogen-bond donors (Lipinski definition) is 2. The molecule has 2 aromatic heterocycles. The maximum Gasteiger partial charge on any atom is 0.227 e. The first-order valence-corrected chi connectivity index (χ1v) is 7.52. The van der Waals surface area contributed by atoms with Crippen LogP contribution in [0, 0.1) is 5.82 Å². The summed E-state index contributed by atoms with van der Waals surface area (Å²) in [5.41, 5.74) is 12.5. The van der Waals surface area contributed by atoms with Crippen molar-refractivity contribution in [3.8, 4) is 5.75 Å². The molecule has 9 heteroatoms. The molecule has 0 saturated carbocycles. The first-order valence-electron chi connectivity index (χ1n) is 7.52. The van der Waals surface area contributed by atoms with E-state index in [9.17, 15) is 4.39 Å². The SMILES string of the molecule is COc1ccc(C(C)N(C)c2ncc3c(N)nc(N)nc3n2)cc1F. The number of nitrogen functional groups attached to an aromatic ring is 2. The molecule has 0 aliphatic heterocycles. The molecule has 0 fully saturated rings. The molecule has 0 aliphatic rings. The van der Waals surface area contributed by atoms with Crippen molar-refractivity contribution in [3.63, 3.8) is 0 Å². The fourth-order valence-corrected chi connectivity index (χ4v) is 2.46. The van der Waals surface area contributed by atoms with E-state index in [4.69, 9.17) is 16.2 Å². The van der Waals surface area contributed by atoms with Crippen LogP contribution in [-0.2, 0) is 0 Å². The van der Waals surface area contributed by atoms with Gasteiger partial charge in [0.05, 0.1) is 18.5 Å². The summed E-state index contributed by atoms with van der Waals surface area (Å²) >= 11 is 0. The first-order chi connectivity index (χ1) is 11.9. The predicted molar refractivity (Wildman–Crippen MR) is 93.7 cm³/mol. The molecular formula is C16H18FN7O. The summed E-state index contributed by atoms with van der Waals surface area (Å²) in [6.45, 7) is 1.91. The van der Waals surface area contributed by atoms with Gasteiger partial charge in [-0.1, -0.05) is 6.07 Å². The molecule has 0 bridgehead atoms. The van der Waals surface area contributed by atoms with Crippen LogP contribution in [-0.4, -0.2) is 34.1 Å². The van der Waals surface area contributed by atoms with Gasteiger partial charge in [-0.25, -0.2) is 9.37 Å². The summed E-state index contributed by atoms with van der Waals surface area (Å²) in [4.78, 5) is 18.4. The van der Waals surface area contributed by atoms with Crippen LogP contribution >= 0.6 is 0 Å². The molecule has 1 aromatic carbocycles. The lowest BCUT2D eigenvalue weighted by atomic mass is 10.1. The molecule has 130 valence electrons. The maximum atomic E-state index is 14.0. The zero-order valence-corrected chi connectivity index (χ0v) is 14.1. The number of halogens is 1. The Morgan fingerprint density at radius 3 is 2.64 bits per heavy atom. The van der Waals surface area contributed by atoms with Gasteiger partial charge in [-0.2, -0.15) is 15.0 Å². The molecule has 3 aromatic rings. The molecule has 1 atom stereocenters. The van der Waals surface area contributed by atoms with Crippen LogP contribution in [0.15, 0.2) is 24.4 Å². The van der Waals surface area contributed by atoms with E-state index in [1.54, 1.807) is 23.2 Å². The van der Waals surface area contributed by atoms with Crippen LogP contribution in [0.1, 0.15) is 18.5 Å². The number of aromatic nitrogens is 4. The number of benzene rings is 1. The van der Waals surface area contributed by atoms with Gasteiger partial charge in [-0.3, -0.25) is 0 Å². The highest BCUT2D eigenvalue weighted by molar-refractivity contribution is 5.85. The largest absolute Gasteiger partial charge is 0.494 e. The number of nitrogens with two attached hydrogens (primary N) is 2. The van der Waals surface area contributed by atoms with Crippen LogP contribution < -0.4 is 21.1 Å². The molecular weight excluding hydrogens is 325 g/mol. The minimum Gasteiger partial charge on any atom is -0.494 e. The summed E-state index contributed by atoms with van der Waals surface area (Å²) in [6.07, 6.45) is 1.55. The van der Waals surface area contributed by atoms with Crippen molar-refractivity contribution in [3.05, 3.63) is 35.8 Å². The molecule has 0 saturated heterocycles. The quantitative estimate of drug-likeness (QED) is 0.738. The Balaban J connectivity index is 1.95. The molecule has 8 nitrogen and oxygen atoms in total. The third-order valence-corrected chi connectivity index (χ3v) is 4.04. The molecule has 25 heavy (non-hydrogen) atoms. The van der Waals surface area contributed by atoms with Gasteiger partial charge in [0.15, 0.2) is 17.2 Å². The fourth-order valence-electron chi connectivity index (χ4n) is 2.46. The van der Waals surface area contributed by atoms with Gasteiger partial charge in [0.2, 0.25) is 11.9 Å². The number of hydrogen-bond acceptors (Lipinski definition) is 8. The van der Waals surface area contributed by atoms with Crippen molar-refractivity contribution in [2.45, 2.75) is 13.0 Å². The van der Waals surface area contributed by atoms with Gasteiger partial charge >= 0.3 is 0 Å². The number of methoxy groups -OCH3 is 1. The van der Waals surface area contributed by atoms with E-state index in [0.717, 1.165) is 5.56 Å². The van der Waals surface area contributed by atoms with Gasteiger partial charge < -0.3 is 21.1 Å². The highest BCUT2D eigenvalue weighted by atomic mass is 19.1. The molecule has 1 unspecified atom stereocenters. The molecule has 0 amide bonds. The van der Waals surface area contributed by atoms with E-state index in [1.807, 2.05) is 14.0 Å². The smallest absolute Gasteiger partial charge is 0.227 e. The zero-order chi connectivity index (χ0) is 18.1. The Morgan fingerprint density at radius 1 is 1.20 bits per heavy atom. The van der Waals surface area contributed by atoms with Gasteiger partial charge in [0.1, 0.15) is 5.82 Å². The topological polar surface area (TPSA) is 116 Å². The van der Waals surface area contributed by atoms with Gasteiger partial charge in [-0.05, 0) is 24.6 Å². The zero-order valence-electron chi connectivity index (χ0n) is 14.1. The highest BCUT2D eigenvalue weighted by Crippen LogP contribution is 2.27. The molecule has 0 spiro atoms. The number of rotatable bonds is 4. The van der Waals surface area contributed by atoms with Crippen LogP contribution in [0.5, 0.6) is 5.75 Å². The molecule has 0 radical (unpaired) electrons. The monoisotopic (exact) mass is 343 g/mol. The van der Waals surface area contributed by atoms with Crippen molar-refractivity contribution < 1.29 is 9.13 Å². The second-order valence-corrected chi connectivity index (χ2v) is 5.56. The Morgan fingerprint density at radius 2 is 1.96 bits per heavy atom. The third-order valence-electron chi connectivity index (χ3n) is 4.04. The number of nitrogens with zero attached hydrogens (tertiary/aromatic N) is 5. The average Bonchev–Trinajstić information content (AvgIpc) is 2.59. The lowest BCUT2D eigenvalue weighted by Gasteiger charge is -2.25.